The Balaban J connectivity index is 0.000000592. The molecule has 31 heavy (non-hydrogen) atoms. The third-order valence-electron chi connectivity index (χ3n) is 5.03. The highest BCUT2D eigenvalue weighted by Gasteiger charge is 2.46. The van der Waals surface area contributed by atoms with Gasteiger partial charge in [-0.3, -0.25) is 9.59 Å². The van der Waals surface area contributed by atoms with Gasteiger partial charge in [0.05, 0.1) is 13.0 Å². The Morgan fingerprint density at radius 1 is 0.968 bits per heavy atom. The molecule has 4 atom stereocenters. The van der Waals surface area contributed by atoms with Crippen molar-refractivity contribution in [3.05, 3.63) is 24.3 Å². The number of methoxy groups -OCH3 is 1. The molecule has 0 N–H and O–H groups in total. The van der Waals surface area contributed by atoms with Crippen LogP contribution in [0.5, 0.6) is 11.5 Å². The highest BCUT2D eigenvalue weighted by Crippen LogP contribution is 2.32. The van der Waals surface area contributed by atoms with Crippen LogP contribution in [0.15, 0.2) is 24.3 Å². The van der Waals surface area contributed by atoms with Gasteiger partial charge in [0.2, 0.25) is 6.29 Å². The van der Waals surface area contributed by atoms with Gasteiger partial charge in [-0.15, -0.1) is 0 Å². The fourth-order valence-corrected chi connectivity index (χ4v) is 3.17. The first-order valence-electron chi connectivity index (χ1n) is 10.7. The lowest BCUT2D eigenvalue weighted by atomic mass is 10.0. The summed E-state index contributed by atoms with van der Waals surface area (Å²) in [4.78, 5) is 24.7. The van der Waals surface area contributed by atoms with Crippen molar-refractivity contribution in [2.75, 3.05) is 33.4 Å². The summed E-state index contributed by atoms with van der Waals surface area (Å²) in [6.07, 6.45) is -1.75. The molecule has 1 aromatic carbocycles. The lowest BCUT2D eigenvalue weighted by molar-refractivity contribution is -0.157. The maximum Gasteiger partial charge on any atom is 0.303 e. The molecule has 0 spiro atoms. The lowest BCUT2D eigenvalue weighted by Gasteiger charge is -2.20. The van der Waals surface area contributed by atoms with Gasteiger partial charge in [0.25, 0.3) is 0 Å². The summed E-state index contributed by atoms with van der Waals surface area (Å²) in [5, 5.41) is 0. The van der Waals surface area contributed by atoms with Crippen LogP contribution < -0.4 is 9.47 Å². The van der Waals surface area contributed by atoms with Crippen LogP contribution in [0.2, 0.25) is 0 Å². The molecular weight excluding hydrogens is 402 g/mol. The van der Waals surface area contributed by atoms with Crippen LogP contribution in [0.25, 0.3) is 0 Å². The first-order chi connectivity index (χ1) is 14.7. The van der Waals surface area contributed by atoms with E-state index in [4.69, 9.17) is 23.7 Å². The van der Waals surface area contributed by atoms with E-state index in [1.54, 1.807) is 31.4 Å². The van der Waals surface area contributed by atoms with E-state index in [9.17, 15) is 9.59 Å². The van der Waals surface area contributed by atoms with Crippen LogP contribution in [0.3, 0.4) is 0 Å². The minimum atomic E-state index is -0.622. The Bertz CT molecular complexity index is 655. The maximum absolute atomic E-state index is 11.3. The van der Waals surface area contributed by atoms with E-state index in [1.807, 2.05) is 6.92 Å². The number of ether oxygens (including phenoxy) is 5. The number of hydrogen-bond acceptors (Lipinski definition) is 8. The third-order valence-corrected chi connectivity index (χ3v) is 5.03. The fourth-order valence-electron chi connectivity index (χ4n) is 3.17. The minimum absolute atomic E-state index is 0.0000918. The standard InChI is InChI=1S/C17H22O7.C6H15N/c1-10-16(22-12(3)19)15(9-21-11(2)18)24-17(10)23-14-7-5-13(20-4)6-8-14;1-4-7(5-2)6-3/h5-8,10,15-17H,9H2,1-4H3;4-6H2,1-3H3/t10-,15-,16+,17?;/m1./s1. The Kier molecular flexibility index (Phi) is 12.0. The number of esters is 2. The zero-order valence-corrected chi connectivity index (χ0v) is 19.8. The number of carbonyl (C=O) groups excluding carboxylic acids is 2. The van der Waals surface area contributed by atoms with Gasteiger partial charge in [0.15, 0.2) is 0 Å². The monoisotopic (exact) mass is 439 g/mol. The fraction of sp³-hybridized carbons (Fsp3) is 0.652. The smallest absolute Gasteiger partial charge is 0.303 e. The van der Waals surface area contributed by atoms with Crippen LogP contribution in [-0.2, 0) is 23.8 Å². The summed E-state index contributed by atoms with van der Waals surface area (Å²) in [7, 11) is 1.58. The number of nitrogens with zero attached hydrogens (tertiary/aromatic N) is 1. The molecule has 8 nitrogen and oxygen atoms in total. The molecule has 1 heterocycles. The van der Waals surface area contributed by atoms with Crippen LogP contribution in [-0.4, -0.2) is 68.7 Å². The summed E-state index contributed by atoms with van der Waals surface area (Å²) in [5.74, 6) is 0.243. The normalized spacial score (nSPS) is 22.3. The van der Waals surface area contributed by atoms with Crippen LogP contribution in [0.1, 0.15) is 41.5 Å². The summed E-state index contributed by atoms with van der Waals surface area (Å²) in [6, 6.07) is 7.06. The van der Waals surface area contributed by atoms with Crippen molar-refractivity contribution in [3.63, 3.8) is 0 Å². The molecule has 0 aromatic heterocycles. The van der Waals surface area contributed by atoms with Crippen LogP contribution >= 0.6 is 0 Å². The summed E-state index contributed by atoms with van der Waals surface area (Å²) >= 11 is 0. The Labute approximate surface area is 185 Å². The second-order valence-electron chi connectivity index (χ2n) is 7.19. The van der Waals surface area contributed by atoms with Crippen molar-refractivity contribution in [2.24, 2.45) is 5.92 Å². The van der Waals surface area contributed by atoms with Crippen LogP contribution in [0.4, 0.5) is 0 Å². The van der Waals surface area contributed by atoms with Crippen LogP contribution in [0, 0.1) is 5.92 Å². The highest BCUT2D eigenvalue weighted by molar-refractivity contribution is 5.66. The third kappa shape index (κ3) is 9.14. The Hall–Kier alpha value is -2.32. The van der Waals surface area contributed by atoms with Gasteiger partial charge in [0, 0.05) is 13.8 Å². The van der Waals surface area contributed by atoms with Crippen molar-refractivity contribution < 1.29 is 33.3 Å². The molecule has 1 aliphatic heterocycles. The zero-order valence-electron chi connectivity index (χ0n) is 19.8. The summed E-state index contributed by atoms with van der Waals surface area (Å²) in [6.45, 7) is 14.6. The van der Waals surface area contributed by atoms with Gasteiger partial charge in [0.1, 0.15) is 30.3 Å². The summed E-state index contributed by atoms with van der Waals surface area (Å²) in [5.41, 5.74) is 0. The molecule has 8 heteroatoms. The van der Waals surface area contributed by atoms with Gasteiger partial charge in [-0.25, -0.2) is 0 Å². The van der Waals surface area contributed by atoms with Crippen molar-refractivity contribution >= 4 is 11.9 Å². The molecule has 0 amide bonds. The molecule has 1 fully saturated rings. The molecule has 0 saturated carbocycles. The van der Waals surface area contributed by atoms with Crippen molar-refractivity contribution in [1.82, 2.24) is 4.90 Å². The van der Waals surface area contributed by atoms with E-state index in [1.165, 1.54) is 33.5 Å². The van der Waals surface area contributed by atoms with E-state index < -0.39 is 30.4 Å². The van der Waals surface area contributed by atoms with E-state index in [0.717, 1.165) is 0 Å². The molecule has 176 valence electrons. The largest absolute Gasteiger partial charge is 0.497 e. The quantitative estimate of drug-likeness (QED) is 0.542. The minimum Gasteiger partial charge on any atom is -0.497 e. The predicted molar refractivity (Wildman–Crippen MR) is 117 cm³/mol. The number of benzene rings is 1. The van der Waals surface area contributed by atoms with E-state index in [-0.39, 0.29) is 12.5 Å². The first-order valence-corrected chi connectivity index (χ1v) is 10.7. The van der Waals surface area contributed by atoms with E-state index in [2.05, 4.69) is 25.7 Å². The number of rotatable bonds is 9. The van der Waals surface area contributed by atoms with E-state index in [0.29, 0.717) is 11.5 Å². The van der Waals surface area contributed by atoms with Gasteiger partial charge in [-0.2, -0.15) is 0 Å². The van der Waals surface area contributed by atoms with Gasteiger partial charge in [-0.05, 0) is 43.9 Å². The van der Waals surface area contributed by atoms with E-state index >= 15 is 0 Å². The molecule has 1 aromatic rings. The zero-order chi connectivity index (χ0) is 23.4. The lowest BCUT2D eigenvalue weighted by Crippen LogP contribution is -2.34. The Morgan fingerprint density at radius 2 is 1.52 bits per heavy atom. The molecule has 0 radical (unpaired) electrons. The molecule has 2 rings (SSSR count). The van der Waals surface area contributed by atoms with Gasteiger partial charge >= 0.3 is 11.9 Å². The average molecular weight is 440 g/mol. The molecule has 1 aliphatic rings. The van der Waals surface area contributed by atoms with Gasteiger partial charge in [-0.1, -0.05) is 27.7 Å². The molecule has 0 aliphatic carbocycles. The molecule has 0 bridgehead atoms. The predicted octanol–water partition coefficient (Wildman–Crippen LogP) is 3.28. The van der Waals surface area contributed by atoms with Crippen molar-refractivity contribution in [1.29, 1.82) is 0 Å². The van der Waals surface area contributed by atoms with Crippen molar-refractivity contribution in [3.8, 4) is 11.5 Å². The number of carbonyl (C=O) groups is 2. The molecule has 1 saturated heterocycles. The molecular formula is C23H37NO7. The topological polar surface area (TPSA) is 83.5 Å². The first kappa shape index (κ1) is 26.7. The highest BCUT2D eigenvalue weighted by atomic mass is 16.7. The average Bonchev–Trinajstić information content (AvgIpc) is 3.03. The second-order valence-corrected chi connectivity index (χ2v) is 7.19. The Morgan fingerprint density at radius 3 is 1.94 bits per heavy atom. The SMILES string of the molecule is CCN(CC)CC.COc1ccc(OC2O[C@H](COC(C)=O)[C@@H](OC(C)=O)[C@H]2C)cc1. The maximum atomic E-state index is 11.3. The molecule has 1 unspecified atom stereocenters. The number of hydrogen-bond donors (Lipinski definition) is 0. The second kappa shape index (κ2) is 13.9. The van der Waals surface area contributed by atoms with Gasteiger partial charge < -0.3 is 28.6 Å². The van der Waals surface area contributed by atoms with Crippen molar-refractivity contribution in [2.45, 2.75) is 60.0 Å². The summed E-state index contributed by atoms with van der Waals surface area (Å²) < 4.78 is 27.0.